The smallest absolute Gasteiger partial charge is 0.163 e. The van der Waals surface area contributed by atoms with Crippen LogP contribution in [0.1, 0.15) is 16.8 Å². The van der Waals surface area contributed by atoms with Crippen LogP contribution in [0.15, 0.2) is 23.8 Å². The summed E-state index contributed by atoms with van der Waals surface area (Å²) in [7, 11) is 1.96. The topological polar surface area (TPSA) is 43.2 Å². The van der Waals surface area contributed by atoms with Crippen molar-refractivity contribution in [3.05, 3.63) is 34.5 Å². The molecule has 0 aliphatic carbocycles. The molecule has 0 radical (unpaired) electrons. The van der Waals surface area contributed by atoms with E-state index in [2.05, 4.69) is 32.6 Å². The third-order valence-electron chi connectivity index (χ3n) is 3.14. The Hall–Kier alpha value is -1.24. The van der Waals surface area contributed by atoms with E-state index in [-0.39, 0.29) is 6.10 Å². The zero-order valence-corrected chi connectivity index (χ0v) is 11.1. The highest BCUT2D eigenvalue weighted by Gasteiger charge is 2.25. The van der Waals surface area contributed by atoms with Gasteiger partial charge in [-0.25, -0.2) is 0 Å². The average molecular weight is 264 g/mol. The Bertz CT molecular complexity index is 496. The lowest BCUT2D eigenvalue weighted by Gasteiger charge is -2.31. The van der Waals surface area contributed by atoms with Gasteiger partial charge in [0.15, 0.2) is 5.82 Å². The largest absolute Gasteiger partial charge is 0.368 e. The van der Waals surface area contributed by atoms with Crippen LogP contribution in [-0.4, -0.2) is 39.4 Å². The van der Waals surface area contributed by atoms with Crippen molar-refractivity contribution in [2.75, 3.05) is 19.7 Å². The quantitative estimate of drug-likeness (QED) is 0.841. The molecule has 2 aromatic heterocycles. The van der Waals surface area contributed by atoms with Crippen molar-refractivity contribution in [2.45, 2.75) is 12.6 Å². The van der Waals surface area contributed by atoms with Gasteiger partial charge in [0.1, 0.15) is 12.4 Å². The Balaban J connectivity index is 1.67. The first-order valence-electron chi connectivity index (χ1n) is 6.03. The molecule has 3 heterocycles. The predicted octanol–water partition coefficient (Wildman–Crippen LogP) is 1.45. The minimum atomic E-state index is 0.0335. The highest BCUT2D eigenvalue weighted by Crippen LogP contribution is 2.22. The van der Waals surface area contributed by atoms with Crippen LogP contribution >= 0.6 is 11.3 Å². The van der Waals surface area contributed by atoms with E-state index in [1.54, 1.807) is 17.7 Å². The standard InChI is InChI=1S/C12H16N4OS/c1-15-9-13-14-12(15)11-8-16(4-5-17-11)7-10-3-2-6-18-10/h2-3,6,9,11H,4-5,7-8H2,1H3/t11-/m1/s1. The first-order chi connectivity index (χ1) is 8.83. The van der Waals surface area contributed by atoms with Crippen LogP contribution in [0.2, 0.25) is 0 Å². The Morgan fingerprint density at radius 2 is 2.50 bits per heavy atom. The third kappa shape index (κ3) is 2.45. The molecule has 0 bridgehead atoms. The van der Waals surface area contributed by atoms with Crippen molar-refractivity contribution in [1.82, 2.24) is 19.7 Å². The van der Waals surface area contributed by atoms with E-state index in [4.69, 9.17) is 4.74 Å². The first kappa shape index (κ1) is 11.8. The summed E-state index contributed by atoms with van der Waals surface area (Å²) in [6.07, 6.45) is 1.75. The second-order valence-corrected chi connectivity index (χ2v) is 5.51. The average Bonchev–Trinajstić information content (AvgIpc) is 3.01. The second-order valence-electron chi connectivity index (χ2n) is 4.47. The number of aromatic nitrogens is 3. The van der Waals surface area contributed by atoms with E-state index in [1.807, 2.05) is 11.6 Å². The molecule has 18 heavy (non-hydrogen) atoms. The first-order valence-corrected chi connectivity index (χ1v) is 6.91. The maximum Gasteiger partial charge on any atom is 0.163 e. The lowest BCUT2D eigenvalue weighted by Crippen LogP contribution is -2.38. The van der Waals surface area contributed by atoms with Gasteiger partial charge in [-0.15, -0.1) is 21.5 Å². The molecule has 1 aliphatic rings. The van der Waals surface area contributed by atoms with E-state index in [1.165, 1.54) is 4.88 Å². The zero-order chi connectivity index (χ0) is 12.4. The van der Waals surface area contributed by atoms with Gasteiger partial charge in [0, 0.05) is 31.6 Å². The Morgan fingerprint density at radius 3 is 3.22 bits per heavy atom. The molecule has 0 spiro atoms. The van der Waals surface area contributed by atoms with Crippen LogP contribution in [-0.2, 0) is 18.3 Å². The highest BCUT2D eigenvalue weighted by atomic mass is 32.1. The molecule has 1 aliphatic heterocycles. The van der Waals surface area contributed by atoms with Gasteiger partial charge in [-0.1, -0.05) is 6.07 Å². The van der Waals surface area contributed by atoms with Gasteiger partial charge in [-0.2, -0.15) is 0 Å². The normalized spacial score (nSPS) is 21.3. The van der Waals surface area contributed by atoms with Gasteiger partial charge in [0.05, 0.1) is 6.61 Å². The summed E-state index contributed by atoms with van der Waals surface area (Å²) in [5.74, 6) is 0.908. The van der Waals surface area contributed by atoms with Crippen molar-refractivity contribution in [2.24, 2.45) is 7.05 Å². The Kier molecular flexibility index (Phi) is 3.40. The summed E-state index contributed by atoms with van der Waals surface area (Å²) in [5, 5.41) is 10.2. The van der Waals surface area contributed by atoms with Crippen molar-refractivity contribution >= 4 is 11.3 Å². The van der Waals surface area contributed by atoms with Crippen LogP contribution < -0.4 is 0 Å². The van der Waals surface area contributed by atoms with E-state index in [9.17, 15) is 0 Å². The molecular weight excluding hydrogens is 248 g/mol. The summed E-state index contributed by atoms with van der Waals surface area (Å²) in [4.78, 5) is 3.81. The minimum Gasteiger partial charge on any atom is -0.368 e. The van der Waals surface area contributed by atoms with Crippen LogP contribution in [0.3, 0.4) is 0 Å². The zero-order valence-electron chi connectivity index (χ0n) is 10.3. The number of ether oxygens (including phenoxy) is 1. The fraction of sp³-hybridized carbons (Fsp3) is 0.500. The van der Waals surface area contributed by atoms with Gasteiger partial charge in [0.2, 0.25) is 0 Å². The molecule has 96 valence electrons. The van der Waals surface area contributed by atoms with E-state index in [0.717, 1.165) is 32.1 Å². The van der Waals surface area contributed by atoms with Gasteiger partial charge < -0.3 is 9.30 Å². The predicted molar refractivity (Wildman–Crippen MR) is 69.3 cm³/mol. The number of nitrogens with zero attached hydrogens (tertiary/aromatic N) is 4. The van der Waals surface area contributed by atoms with Crippen LogP contribution in [0, 0.1) is 0 Å². The highest BCUT2D eigenvalue weighted by molar-refractivity contribution is 7.09. The van der Waals surface area contributed by atoms with Gasteiger partial charge >= 0.3 is 0 Å². The van der Waals surface area contributed by atoms with Crippen LogP contribution in [0.4, 0.5) is 0 Å². The summed E-state index contributed by atoms with van der Waals surface area (Å²) in [5.41, 5.74) is 0. The van der Waals surface area contributed by atoms with Gasteiger partial charge in [-0.3, -0.25) is 4.90 Å². The van der Waals surface area contributed by atoms with Crippen molar-refractivity contribution < 1.29 is 4.74 Å². The minimum absolute atomic E-state index is 0.0335. The van der Waals surface area contributed by atoms with Crippen LogP contribution in [0.25, 0.3) is 0 Å². The number of aryl methyl sites for hydroxylation is 1. The number of hydrogen-bond donors (Lipinski definition) is 0. The molecule has 1 saturated heterocycles. The number of morpholine rings is 1. The number of rotatable bonds is 3. The molecule has 0 amide bonds. The summed E-state index contributed by atoms with van der Waals surface area (Å²) in [6.45, 7) is 3.61. The molecule has 6 heteroatoms. The maximum atomic E-state index is 5.79. The summed E-state index contributed by atoms with van der Waals surface area (Å²) < 4.78 is 7.72. The number of hydrogen-bond acceptors (Lipinski definition) is 5. The van der Waals surface area contributed by atoms with Crippen LogP contribution in [0.5, 0.6) is 0 Å². The Labute approximate surface area is 110 Å². The lowest BCUT2D eigenvalue weighted by atomic mass is 10.2. The Morgan fingerprint density at radius 1 is 1.56 bits per heavy atom. The van der Waals surface area contributed by atoms with Crippen molar-refractivity contribution in [1.29, 1.82) is 0 Å². The lowest BCUT2D eigenvalue weighted by molar-refractivity contribution is -0.0382. The SMILES string of the molecule is Cn1cnnc1[C@H]1CN(Cc2cccs2)CCO1. The molecule has 1 atom stereocenters. The van der Waals surface area contributed by atoms with E-state index in [0.29, 0.717) is 0 Å². The fourth-order valence-electron chi connectivity index (χ4n) is 2.21. The number of thiophene rings is 1. The summed E-state index contributed by atoms with van der Waals surface area (Å²) >= 11 is 1.80. The van der Waals surface area contributed by atoms with Gasteiger partial charge in [0.25, 0.3) is 0 Å². The molecule has 0 aromatic carbocycles. The molecule has 3 rings (SSSR count). The monoisotopic (exact) mass is 264 g/mol. The van der Waals surface area contributed by atoms with Gasteiger partial charge in [-0.05, 0) is 11.4 Å². The fourth-order valence-corrected chi connectivity index (χ4v) is 2.96. The summed E-state index contributed by atoms with van der Waals surface area (Å²) in [6, 6.07) is 4.28. The van der Waals surface area contributed by atoms with Crippen molar-refractivity contribution in [3.8, 4) is 0 Å². The molecule has 5 nitrogen and oxygen atoms in total. The molecule has 0 N–H and O–H groups in total. The molecule has 1 fully saturated rings. The second kappa shape index (κ2) is 5.17. The molecule has 0 unspecified atom stereocenters. The van der Waals surface area contributed by atoms with E-state index < -0.39 is 0 Å². The maximum absolute atomic E-state index is 5.79. The van der Waals surface area contributed by atoms with E-state index >= 15 is 0 Å². The molecule has 0 saturated carbocycles. The molecular formula is C12H16N4OS. The third-order valence-corrected chi connectivity index (χ3v) is 4.01. The molecule has 2 aromatic rings. The van der Waals surface area contributed by atoms with Crippen molar-refractivity contribution in [3.63, 3.8) is 0 Å².